The zero-order valence-corrected chi connectivity index (χ0v) is 13.1. The van der Waals surface area contributed by atoms with Crippen molar-refractivity contribution in [2.24, 2.45) is 5.10 Å². The largest absolute Gasteiger partial charge is 0.354 e. The minimum atomic E-state index is 0.705. The fourth-order valence-electron chi connectivity index (χ4n) is 2.58. The number of hydrogen-bond donors (Lipinski definition) is 0. The van der Waals surface area contributed by atoms with Crippen LogP contribution in [-0.2, 0) is 0 Å². The number of aromatic nitrogens is 1. The lowest BCUT2D eigenvalue weighted by atomic mass is 10.1. The third-order valence-corrected chi connectivity index (χ3v) is 4.04. The average molecular weight is 324 g/mol. The predicted molar refractivity (Wildman–Crippen MR) is 91.9 cm³/mol. The zero-order chi connectivity index (χ0) is 15.6. The van der Waals surface area contributed by atoms with Crippen molar-refractivity contribution in [3.8, 4) is 11.3 Å². The Balaban J connectivity index is 1.59. The summed E-state index contributed by atoms with van der Waals surface area (Å²) in [4.78, 5) is 0. The third kappa shape index (κ3) is 2.85. The molecule has 0 bridgehead atoms. The van der Waals surface area contributed by atoms with Crippen LogP contribution in [0.1, 0.15) is 12.2 Å². The third-order valence-electron chi connectivity index (χ3n) is 3.79. The molecule has 2 heterocycles. The Morgan fingerprint density at radius 3 is 2.57 bits per heavy atom. The van der Waals surface area contributed by atoms with E-state index in [-0.39, 0.29) is 0 Å². The number of anilines is 1. The lowest BCUT2D eigenvalue weighted by Crippen LogP contribution is -2.11. The zero-order valence-electron chi connectivity index (χ0n) is 12.3. The molecular weight excluding hydrogens is 310 g/mol. The van der Waals surface area contributed by atoms with E-state index < -0.39 is 0 Å². The average Bonchev–Trinajstić information content (AvgIpc) is 3.26. The van der Waals surface area contributed by atoms with E-state index in [1.54, 1.807) is 0 Å². The number of benzene rings is 2. The van der Waals surface area contributed by atoms with Crippen LogP contribution in [0.15, 0.2) is 70.3 Å². The van der Waals surface area contributed by atoms with Crippen LogP contribution >= 0.6 is 11.6 Å². The summed E-state index contributed by atoms with van der Waals surface area (Å²) in [7, 11) is 0. The highest BCUT2D eigenvalue weighted by atomic mass is 35.5. The van der Waals surface area contributed by atoms with Gasteiger partial charge < -0.3 is 4.52 Å². The summed E-state index contributed by atoms with van der Waals surface area (Å²) in [5, 5.41) is 11.5. The number of halogens is 1. The first kappa shape index (κ1) is 14.0. The molecule has 0 saturated carbocycles. The van der Waals surface area contributed by atoms with E-state index in [1.165, 1.54) is 0 Å². The fourth-order valence-corrected chi connectivity index (χ4v) is 2.71. The molecule has 1 aliphatic heterocycles. The van der Waals surface area contributed by atoms with Crippen molar-refractivity contribution in [2.75, 3.05) is 11.6 Å². The van der Waals surface area contributed by atoms with Gasteiger partial charge >= 0.3 is 0 Å². The summed E-state index contributed by atoms with van der Waals surface area (Å²) in [6.07, 6.45) is 0.837. The molecule has 0 fully saturated rings. The van der Waals surface area contributed by atoms with Crippen molar-refractivity contribution in [2.45, 2.75) is 6.42 Å². The van der Waals surface area contributed by atoms with Crippen LogP contribution in [0.2, 0.25) is 5.02 Å². The normalized spacial score (nSPS) is 14.1. The first-order valence-corrected chi connectivity index (χ1v) is 7.80. The first-order chi connectivity index (χ1) is 11.3. The molecule has 0 spiro atoms. The van der Waals surface area contributed by atoms with Crippen LogP contribution in [0, 0.1) is 0 Å². The molecule has 0 saturated heterocycles. The Morgan fingerprint density at radius 2 is 1.78 bits per heavy atom. The van der Waals surface area contributed by atoms with Crippen molar-refractivity contribution in [3.63, 3.8) is 0 Å². The van der Waals surface area contributed by atoms with Crippen molar-refractivity contribution in [1.29, 1.82) is 0 Å². The molecule has 0 radical (unpaired) electrons. The summed E-state index contributed by atoms with van der Waals surface area (Å²) in [5.41, 5.74) is 3.77. The molecule has 4 nitrogen and oxygen atoms in total. The van der Waals surface area contributed by atoms with E-state index in [4.69, 9.17) is 16.1 Å². The molecule has 2 aromatic carbocycles. The molecular formula is C18H14ClN3O. The Labute approximate surface area is 139 Å². The van der Waals surface area contributed by atoms with E-state index in [2.05, 4.69) is 10.3 Å². The number of hydrogen-bond acceptors (Lipinski definition) is 4. The summed E-state index contributed by atoms with van der Waals surface area (Å²) in [6, 6.07) is 19.6. The second-order valence-corrected chi connectivity index (χ2v) is 5.78. The van der Waals surface area contributed by atoms with Gasteiger partial charge in [-0.25, -0.2) is 0 Å². The molecule has 5 heteroatoms. The lowest BCUT2D eigenvalue weighted by molar-refractivity contribution is 0.415. The van der Waals surface area contributed by atoms with Crippen molar-refractivity contribution in [3.05, 3.63) is 71.4 Å². The molecule has 4 rings (SSSR count). The standard InChI is InChI=1S/C18H14ClN3O/c19-14-8-6-13(7-9-14)17-12-18(23-21-17)16-10-11-22(20-16)15-4-2-1-3-5-15/h1-9,12H,10-11H2. The van der Waals surface area contributed by atoms with Crippen LogP contribution in [0.4, 0.5) is 5.69 Å². The van der Waals surface area contributed by atoms with Gasteiger partial charge in [0.25, 0.3) is 0 Å². The minimum absolute atomic E-state index is 0.705. The molecule has 23 heavy (non-hydrogen) atoms. The molecule has 3 aromatic rings. The highest BCUT2D eigenvalue weighted by Crippen LogP contribution is 2.25. The summed E-state index contributed by atoms with van der Waals surface area (Å²) in [6.45, 7) is 0.844. The van der Waals surface area contributed by atoms with Gasteiger partial charge in [-0.3, -0.25) is 5.01 Å². The molecule has 114 valence electrons. The van der Waals surface area contributed by atoms with Crippen molar-refractivity contribution >= 4 is 23.0 Å². The van der Waals surface area contributed by atoms with Gasteiger partial charge in [-0.2, -0.15) is 5.10 Å². The maximum Gasteiger partial charge on any atom is 0.183 e. The summed E-state index contributed by atoms with van der Waals surface area (Å²) in [5.74, 6) is 0.716. The molecule has 0 unspecified atom stereocenters. The van der Waals surface area contributed by atoms with Crippen molar-refractivity contribution < 1.29 is 4.52 Å². The molecule has 1 aromatic heterocycles. The van der Waals surface area contributed by atoms with Gasteiger partial charge in [0.1, 0.15) is 11.4 Å². The minimum Gasteiger partial charge on any atom is -0.354 e. The van der Waals surface area contributed by atoms with Crippen LogP contribution in [0.3, 0.4) is 0 Å². The molecule has 0 amide bonds. The van der Waals surface area contributed by atoms with Gasteiger partial charge in [0.15, 0.2) is 5.76 Å². The number of hydrazone groups is 1. The monoisotopic (exact) mass is 323 g/mol. The van der Waals surface area contributed by atoms with Crippen molar-refractivity contribution in [1.82, 2.24) is 5.16 Å². The Kier molecular flexibility index (Phi) is 3.60. The predicted octanol–water partition coefficient (Wildman–Crippen LogP) is 4.61. The van der Waals surface area contributed by atoms with E-state index in [1.807, 2.05) is 65.7 Å². The van der Waals surface area contributed by atoms with Crippen LogP contribution < -0.4 is 5.01 Å². The summed E-state index contributed by atoms with van der Waals surface area (Å²) >= 11 is 5.91. The molecule has 0 atom stereocenters. The van der Waals surface area contributed by atoms with Gasteiger partial charge in [0.05, 0.1) is 5.69 Å². The Bertz CT molecular complexity index is 840. The van der Waals surface area contributed by atoms with Crippen LogP contribution in [0.5, 0.6) is 0 Å². The SMILES string of the molecule is Clc1ccc(-c2cc(C3=NN(c4ccccc4)CC3)on2)cc1. The smallest absolute Gasteiger partial charge is 0.183 e. The Hall–Kier alpha value is -2.59. The van der Waals surface area contributed by atoms with E-state index in [0.29, 0.717) is 10.8 Å². The quantitative estimate of drug-likeness (QED) is 0.706. The highest BCUT2D eigenvalue weighted by molar-refractivity contribution is 6.30. The maximum atomic E-state index is 5.91. The number of nitrogens with zero attached hydrogens (tertiary/aromatic N) is 3. The van der Waals surface area contributed by atoms with Gasteiger partial charge in [0.2, 0.25) is 0 Å². The first-order valence-electron chi connectivity index (χ1n) is 7.43. The number of para-hydroxylation sites is 1. The van der Waals surface area contributed by atoms with Crippen LogP contribution in [-0.4, -0.2) is 17.4 Å². The number of rotatable bonds is 3. The fraction of sp³-hybridized carbons (Fsp3) is 0.111. The lowest BCUT2D eigenvalue weighted by Gasteiger charge is -2.12. The Morgan fingerprint density at radius 1 is 1.00 bits per heavy atom. The highest BCUT2D eigenvalue weighted by Gasteiger charge is 2.21. The van der Waals surface area contributed by atoms with E-state index in [9.17, 15) is 0 Å². The molecule has 0 N–H and O–H groups in total. The topological polar surface area (TPSA) is 41.6 Å². The van der Waals surface area contributed by atoms with Crippen LogP contribution in [0.25, 0.3) is 11.3 Å². The maximum absolute atomic E-state index is 5.91. The second-order valence-electron chi connectivity index (χ2n) is 5.34. The van der Waals surface area contributed by atoms with Gasteiger partial charge in [0, 0.05) is 29.6 Å². The molecule has 1 aliphatic rings. The summed E-state index contributed by atoms with van der Waals surface area (Å²) < 4.78 is 5.48. The van der Waals surface area contributed by atoms with Gasteiger partial charge in [-0.1, -0.05) is 47.1 Å². The van der Waals surface area contributed by atoms with Gasteiger partial charge in [-0.05, 0) is 24.3 Å². The second kappa shape index (κ2) is 5.89. The van der Waals surface area contributed by atoms with Gasteiger partial charge in [-0.15, -0.1) is 0 Å². The molecule has 0 aliphatic carbocycles. The van der Waals surface area contributed by atoms with E-state index >= 15 is 0 Å². The van der Waals surface area contributed by atoms with E-state index in [0.717, 1.165) is 35.6 Å².